The maximum absolute atomic E-state index is 11.6. The second kappa shape index (κ2) is 4.58. The van der Waals surface area contributed by atoms with Crippen LogP contribution in [0.5, 0.6) is 0 Å². The summed E-state index contributed by atoms with van der Waals surface area (Å²) in [7, 11) is 0. The van der Waals surface area contributed by atoms with Gasteiger partial charge in [-0.2, -0.15) is 5.26 Å². The van der Waals surface area contributed by atoms with Gasteiger partial charge in [0, 0.05) is 13.1 Å². The molecule has 0 radical (unpaired) electrons. The van der Waals surface area contributed by atoms with Crippen molar-refractivity contribution in [1.82, 2.24) is 4.90 Å². The predicted molar refractivity (Wildman–Crippen MR) is 56.5 cm³/mol. The highest BCUT2D eigenvalue weighted by atomic mass is 32.1. The fourth-order valence-corrected chi connectivity index (χ4v) is 1.66. The molecular formula is C8H10N2OS2. The summed E-state index contributed by atoms with van der Waals surface area (Å²) in [6.45, 7) is 1.49. The molecule has 0 bridgehead atoms. The van der Waals surface area contributed by atoms with E-state index in [0.29, 0.717) is 0 Å². The molecule has 1 heterocycles. The van der Waals surface area contributed by atoms with Gasteiger partial charge in [-0.3, -0.25) is 4.79 Å². The van der Waals surface area contributed by atoms with Gasteiger partial charge in [0.25, 0.3) is 0 Å². The molecule has 0 aromatic heterocycles. The number of thiol groups is 1. The fourth-order valence-electron chi connectivity index (χ4n) is 1.34. The number of rotatable bonds is 2. The molecule has 0 aliphatic carbocycles. The zero-order valence-corrected chi connectivity index (χ0v) is 8.77. The van der Waals surface area contributed by atoms with Crippen molar-refractivity contribution in [2.75, 3.05) is 13.1 Å². The molecule has 5 heteroatoms. The molecule has 1 atom stereocenters. The minimum absolute atomic E-state index is 0.166. The summed E-state index contributed by atoms with van der Waals surface area (Å²) >= 11 is 8.59. The molecule has 70 valence electrons. The average molecular weight is 214 g/mol. The van der Waals surface area contributed by atoms with Gasteiger partial charge in [0.05, 0.1) is 10.3 Å². The Labute approximate surface area is 88.1 Å². The minimum Gasteiger partial charge on any atom is -0.341 e. The van der Waals surface area contributed by atoms with Gasteiger partial charge < -0.3 is 4.90 Å². The highest BCUT2D eigenvalue weighted by Gasteiger charge is 2.27. The third kappa shape index (κ3) is 2.42. The quantitative estimate of drug-likeness (QED) is 0.551. The van der Waals surface area contributed by atoms with Crippen LogP contribution in [0.15, 0.2) is 0 Å². The number of likely N-dealkylation sites (tertiary alicyclic amines) is 1. The SMILES string of the molecule is N#CC(C(=O)N1CCCC1)C(=S)S. The number of thiocarbonyl (C=S) groups is 1. The van der Waals surface area contributed by atoms with E-state index >= 15 is 0 Å². The van der Waals surface area contributed by atoms with Gasteiger partial charge in [0.2, 0.25) is 5.91 Å². The number of hydrogen-bond donors (Lipinski definition) is 1. The van der Waals surface area contributed by atoms with E-state index in [2.05, 4.69) is 12.6 Å². The molecule has 1 rings (SSSR count). The number of carbonyl (C=O) groups is 1. The van der Waals surface area contributed by atoms with Gasteiger partial charge in [-0.25, -0.2) is 0 Å². The Hall–Kier alpha value is -0.600. The number of amides is 1. The molecule has 0 spiro atoms. The fraction of sp³-hybridized carbons (Fsp3) is 0.625. The van der Waals surface area contributed by atoms with Crippen molar-refractivity contribution in [1.29, 1.82) is 5.26 Å². The van der Waals surface area contributed by atoms with Crippen molar-refractivity contribution in [2.45, 2.75) is 12.8 Å². The van der Waals surface area contributed by atoms with Crippen molar-refractivity contribution in [3.63, 3.8) is 0 Å². The molecule has 0 saturated carbocycles. The van der Waals surface area contributed by atoms with Crippen molar-refractivity contribution >= 4 is 35.0 Å². The van der Waals surface area contributed by atoms with E-state index in [1.165, 1.54) is 0 Å². The standard InChI is InChI=1S/C8H10N2OS2/c9-5-6(8(12)13)7(11)10-3-1-2-4-10/h6H,1-4H2,(H,12,13). The lowest BCUT2D eigenvalue weighted by molar-refractivity contribution is -0.130. The molecule has 0 aromatic carbocycles. The summed E-state index contributed by atoms with van der Waals surface area (Å²) < 4.78 is 0.166. The first kappa shape index (κ1) is 10.5. The Bertz CT molecular complexity index is 266. The predicted octanol–water partition coefficient (Wildman–Crippen LogP) is 1.01. The second-order valence-electron chi connectivity index (χ2n) is 2.93. The van der Waals surface area contributed by atoms with E-state index in [0.717, 1.165) is 25.9 Å². The molecule has 3 nitrogen and oxygen atoms in total. The summed E-state index contributed by atoms with van der Waals surface area (Å²) in [4.78, 5) is 13.3. The lowest BCUT2D eigenvalue weighted by Crippen LogP contribution is -2.35. The van der Waals surface area contributed by atoms with E-state index in [1.54, 1.807) is 4.90 Å². The molecule has 1 unspecified atom stereocenters. The molecule has 1 saturated heterocycles. The smallest absolute Gasteiger partial charge is 0.245 e. The molecule has 1 aliphatic rings. The Balaban J connectivity index is 2.64. The molecule has 1 fully saturated rings. The van der Waals surface area contributed by atoms with Gasteiger partial charge in [-0.05, 0) is 12.8 Å². The molecule has 0 N–H and O–H groups in total. The first-order valence-corrected chi connectivity index (χ1v) is 4.93. The highest BCUT2D eigenvalue weighted by molar-refractivity contribution is 8.11. The van der Waals surface area contributed by atoms with Gasteiger partial charge in [0.15, 0.2) is 5.92 Å². The van der Waals surface area contributed by atoms with Crippen LogP contribution >= 0.6 is 24.8 Å². The zero-order valence-electron chi connectivity index (χ0n) is 7.06. The van der Waals surface area contributed by atoms with Gasteiger partial charge in [-0.15, -0.1) is 12.6 Å². The van der Waals surface area contributed by atoms with Crippen LogP contribution in [0.25, 0.3) is 0 Å². The number of carbonyl (C=O) groups excluding carboxylic acids is 1. The molecular weight excluding hydrogens is 204 g/mol. The van der Waals surface area contributed by atoms with E-state index in [1.807, 2.05) is 6.07 Å². The first-order chi connectivity index (χ1) is 6.16. The van der Waals surface area contributed by atoms with Crippen LogP contribution in [0.3, 0.4) is 0 Å². The molecule has 1 aliphatic heterocycles. The van der Waals surface area contributed by atoms with E-state index < -0.39 is 5.92 Å². The van der Waals surface area contributed by atoms with E-state index in [9.17, 15) is 4.79 Å². The maximum Gasteiger partial charge on any atom is 0.245 e. The third-order valence-corrected chi connectivity index (χ3v) is 2.53. The van der Waals surface area contributed by atoms with Crippen LogP contribution in [-0.2, 0) is 4.79 Å². The van der Waals surface area contributed by atoms with Crippen molar-refractivity contribution < 1.29 is 4.79 Å². The van der Waals surface area contributed by atoms with Crippen LogP contribution in [-0.4, -0.2) is 28.1 Å². The van der Waals surface area contributed by atoms with Gasteiger partial charge in [-0.1, -0.05) is 12.2 Å². The monoisotopic (exact) mass is 214 g/mol. The largest absolute Gasteiger partial charge is 0.341 e. The number of nitrogens with zero attached hydrogens (tertiary/aromatic N) is 2. The van der Waals surface area contributed by atoms with Crippen LogP contribution in [0, 0.1) is 17.2 Å². The second-order valence-corrected chi connectivity index (χ2v) is 4.16. The summed E-state index contributed by atoms with van der Waals surface area (Å²) in [5, 5.41) is 8.69. The molecule has 13 heavy (non-hydrogen) atoms. The van der Waals surface area contributed by atoms with Crippen LogP contribution in [0.1, 0.15) is 12.8 Å². The van der Waals surface area contributed by atoms with Crippen LogP contribution < -0.4 is 0 Å². The highest BCUT2D eigenvalue weighted by Crippen LogP contribution is 2.14. The lowest BCUT2D eigenvalue weighted by Gasteiger charge is -2.17. The van der Waals surface area contributed by atoms with Gasteiger partial charge >= 0.3 is 0 Å². The Morgan fingerprint density at radius 3 is 2.46 bits per heavy atom. The van der Waals surface area contributed by atoms with Crippen LogP contribution in [0.2, 0.25) is 0 Å². The normalized spacial score (nSPS) is 18.0. The maximum atomic E-state index is 11.6. The number of hydrogen-bond acceptors (Lipinski definition) is 3. The molecule has 0 aromatic rings. The average Bonchev–Trinajstić information content (AvgIpc) is 2.56. The Morgan fingerprint density at radius 2 is 2.08 bits per heavy atom. The molecule has 1 amide bonds. The first-order valence-electron chi connectivity index (χ1n) is 4.08. The summed E-state index contributed by atoms with van der Waals surface area (Å²) in [6, 6.07) is 1.87. The summed E-state index contributed by atoms with van der Waals surface area (Å²) in [5.74, 6) is -1.04. The van der Waals surface area contributed by atoms with E-state index in [4.69, 9.17) is 17.5 Å². The van der Waals surface area contributed by atoms with E-state index in [-0.39, 0.29) is 10.1 Å². The Kier molecular flexibility index (Phi) is 3.70. The zero-order chi connectivity index (χ0) is 9.84. The lowest BCUT2D eigenvalue weighted by atomic mass is 10.2. The van der Waals surface area contributed by atoms with Gasteiger partial charge in [0.1, 0.15) is 0 Å². The summed E-state index contributed by atoms with van der Waals surface area (Å²) in [6.07, 6.45) is 2.03. The van der Waals surface area contributed by atoms with Crippen molar-refractivity contribution in [2.24, 2.45) is 5.92 Å². The summed E-state index contributed by atoms with van der Waals surface area (Å²) in [5.41, 5.74) is 0. The minimum atomic E-state index is -0.851. The van der Waals surface area contributed by atoms with Crippen molar-refractivity contribution in [3.05, 3.63) is 0 Å². The van der Waals surface area contributed by atoms with Crippen molar-refractivity contribution in [3.8, 4) is 6.07 Å². The van der Waals surface area contributed by atoms with Crippen LogP contribution in [0.4, 0.5) is 0 Å². The Morgan fingerprint density at radius 1 is 1.54 bits per heavy atom. The third-order valence-electron chi connectivity index (χ3n) is 2.04. The number of nitriles is 1. The topological polar surface area (TPSA) is 44.1 Å².